The Balaban J connectivity index is 1.56. The molecule has 1 aliphatic carbocycles. The maximum absolute atomic E-state index is 6.25. The molecule has 1 aromatic rings. The number of benzene rings is 1. The van der Waals surface area contributed by atoms with E-state index in [-0.39, 0.29) is 0 Å². The Morgan fingerprint density at radius 1 is 1.21 bits per heavy atom. The van der Waals surface area contributed by atoms with Gasteiger partial charge in [-0.2, -0.15) is 0 Å². The largest absolute Gasteiger partial charge is 0.490 e. The summed E-state index contributed by atoms with van der Waals surface area (Å²) in [6.07, 6.45) is 5.26. The molecule has 6 nitrogen and oxygen atoms in total. The summed E-state index contributed by atoms with van der Waals surface area (Å²) in [5.41, 5.74) is 1.15. The number of rotatable bonds is 8. The molecule has 0 amide bonds. The van der Waals surface area contributed by atoms with Crippen molar-refractivity contribution >= 4 is 5.96 Å². The number of ether oxygens (including phenoxy) is 2. The third kappa shape index (κ3) is 6.38. The molecule has 0 bridgehead atoms. The van der Waals surface area contributed by atoms with Crippen molar-refractivity contribution < 1.29 is 9.47 Å². The monoisotopic (exact) mass is 388 g/mol. The second kappa shape index (κ2) is 11.3. The van der Waals surface area contributed by atoms with Crippen molar-refractivity contribution in [1.82, 2.24) is 15.5 Å². The normalized spacial score (nSPS) is 20.1. The number of para-hydroxylation sites is 1. The molecule has 3 rings (SSSR count). The van der Waals surface area contributed by atoms with Crippen molar-refractivity contribution in [2.45, 2.75) is 58.2 Å². The van der Waals surface area contributed by atoms with Crippen LogP contribution in [0.4, 0.5) is 0 Å². The topological polar surface area (TPSA) is 58.1 Å². The SMILES string of the molecule is CCNC(=NCc1ccccc1OC1CCCC1)NCC(C)N1CCOCC1. The van der Waals surface area contributed by atoms with E-state index in [0.717, 1.165) is 56.7 Å². The lowest BCUT2D eigenvalue weighted by Crippen LogP contribution is -2.49. The molecule has 2 aliphatic rings. The summed E-state index contributed by atoms with van der Waals surface area (Å²) in [7, 11) is 0. The van der Waals surface area contributed by atoms with Gasteiger partial charge in [-0.1, -0.05) is 18.2 Å². The van der Waals surface area contributed by atoms with E-state index in [1.54, 1.807) is 0 Å². The van der Waals surface area contributed by atoms with E-state index in [0.29, 0.717) is 18.7 Å². The van der Waals surface area contributed by atoms with Crippen molar-refractivity contribution in [2.75, 3.05) is 39.4 Å². The Kier molecular flexibility index (Phi) is 8.42. The Morgan fingerprint density at radius 3 is 2.71 bits per heavy atom. The third-order valence-corrected chi connectivity index (χ3v) is 5.55. The van der Waals surface area contributed by atoms with Crippen LogP contribution in [0.2, 0.25) is 0 Å². The summed E-state index contributed by atoms with van der Waals surface area (Å²) in [6, 6.07) is 8.75. The van der Waals surface area contributed by atoms with Crippen molar-refractivity contribution in [3.63, 3.8) is 0 Å². The zero-order valence-corrected chi connectivity index (χ0v) is 17.5. The van der Waals surface area contributed by atoms with Gasteiger partial charge >= 0.3 is 0 Å². The van der Waals surface area contributed by atoms with Crippen LogP contribution in [-0.4, -0.2) is 62.4 Å². The molecule has 1 aliphatic heterocycles. The van der Waals surface area contributed by atoms with Gasteiger partial charge in [0.25, 0.3) is 0 Å². The van der Waals surface area contributed by atoms with Gasteiger partial charge in [-0.25, -0.2) is 4.99 Å². The van der Waals surface area contributed by atoms with Gasteiger partial charge < -0.3 is 20.1 Å². The van der Waals surface area contributed by atoms with Gasteiger partial charge in [0.2, 0.25) is 0 Å². The lowest BCUT2D eigenvalue weighted by atomic mass is 10.2. The van der Waals surface area contributed by atoms with Crippen molar-refractivity contribution in [1.29, 1.82) is 0 Å². The molecule has 1 saturated carbocycles. The highest BCUT2D eigenvalue weighted by atomic mass is 16.5. The van der Waals surface area contributed by atoms with Crippen LogP contribution in [0.25, 0.3) is 0 Å². The van der Waals surface area contributed by atoms with Gasteiger partial charge in [-0.3, -0.25) is 4.90 Å². The van der Waals surface area contributed by atoms with Crippen LogP contribution < -0.4 is 15.4 Å². The van der Waals surface area contributed by atoms with Crippen molar-refractivity contribution in [2.24, 2.45) is 4.99 Å². The van der Waals surface area contributed by atoms with Gasteiger partial charge in [0.05, 0.1) is 25.9 Å². The number of aliphatic imine (C=N–C) groups is 1. The molecule has 0 spiro atoms. The molecule has 0 aromatic heterocycles. The van der Waals surface area contributed by atoms with Crippen LogP contribution in [-0.2, 0) is 11.3 Å². The highest BCUT2D eigenvalue weighted by Crippen LogP contribution is 2.27. The zero-order chi connectivity index (χ0) is 19.6. The van der Waals surface area contributed by atoms with E-state index in [2.05, 4.69) is 47.6 Å². The lowest BCUT2D eigenvalue weighted by Gasteiger charge is -2.32. The molecule has 1 heterocycles. The van der Waals surface area contributed by atoms with E-state index in [1.807, 2.05) is 6.07 Å². The highest BCUT2D eigenvalue weighted by Gasteiger charge is 2.18. The molecular formula is C22H36N4O2. The molecule has 1 unspecified atom stereocenters. The first-order valence-corrected chi connectivity index (χ1v) is 10.8. The highest BCUT2D eigenvalue weighted by molar-refractivity contribution is 5.79. The molecule has 1 aromatic carbocycles. The standard InChI is InChI=1S/C22H36N4O2/c1-3-23-22(24-16-18(2)26-12-14-27-15-13-26)25-17-19-8-4-7-11-21(19)28-20-9-5-6-10-20/h4,7-8,11,18,20H,3,5-6,9-10,12-17H2,1-2H3,(H2,23,24,25). The molecule has 0 radical (unpaired) electrons. The fourth-order valence-electron chi connectivity index (χ4n) is 3.83. The summed E-state index contributed by atoms with van der Waals surface area (Å²) in [6.45, 7) is 10.3. The first-order valence-electron chi connectivity index (χ1n) is 10.8. The van der Waals surface area contributed by atoms with Gasteiger partial charge in [0.1, 0.15) is 5.75 Å². The van der Waals surface area contributed by atoms with Crippen LogP contribution >= 0.6 is 0 Å². The molecule has 6 heteroatoms. The molecule has 156 valence electrons. The summed E-state index contributed by atoms with van der Waals surface area (Å²) in [4.78, 5) is 7.27. The predicted octanol–water partition coefficient (Wildman–Crippen LogP) is 2.78. The average molecular weight is 389 g/mol. The number of hydrogen-bond donors (Lipinski definition) is 2. The van der Waals surface area contributed by atoms with Gasteiger partial charge in [-0.05, 0) is 45.6 Å². The quantitative estimate of drug-likeness (QED) is 0.530. The second-order valence-electron chi connectivity index (χ2n) is 7.71. The number of guanidine groups is 1. The number of morpholine rings is 1. The van der Waals surface area contributed by atoms with Crippen LogP contribution in [0.5, 0.6) is 5.75 Å². The van der Waals surface area contributed by atoms with Crippen LogP contribution in [0.3, 0.4) is 0 Å². The summed E-state index contributed by atoms with van der Waals surface area (Å²) < 4.78 is 11.7. The summed E-state index contributed by atoms with van der Waals surface area (Å²) >= 11 is 0. The molecule has 2 N–H and O–H groups in total. The minimum atomic E-state index is 0.367. The Morgan fingerprint density at radius 2 is 1.96 bits per heavy atom. The summed E-state index contributed by atoms with van der Waals surface area (Å²) in [5, 5.41) is 6.85. The van der Waals surface area contributed by atoms with Crippen LogP contribution in [0.15, 0.2) is 29.3 Å². The smallest absolute Gasteiger partial charge is 0.191 e. The molecule has 1 atom stereocenters. The average Bonchev–Trinajstić information content (AvgIpc) is 3.24. The van der Waals surface area contributed by atoms with Crippen LogP contribution in [0.1, 0.15) is 45.1 Å². The first-order chi connectivity index (χ1) is 13.8. The van der Waals surface area contributed by atoms with Crippen molar-refractivity contribution in [3.8, 4) is 5.75 Å². The summed E-state index contributed by atoms with van der Waals surface area (Å²) in [5.74, 6) is 1.84. The Labute approximate surface area is 169 Å². The first kappa shape index (κ1) is 20.9. The fourth-order valence-corrected chi connectivity index (χ4v) is 3.83. The van der Waals surface area contributed by atoms with Gasteiger partial charge in [0.15, 0.2) is 5.96 Å². The minimum Gasteiger partial charge on any atom is -0.490 e. The Hall–Kier alpha value is -1.79. The third-order valence-electron chi connectivity index (χ3n) is 5.55. The van der Waals surface area contributed by atoms with Crippen LogP contribution in [0, 0.1) is 0 Å². The van der Waals surface area contributed by atoms with Gasteiger partial charge in [0, 0.05) is 37.8 Å². The number of hydrogen-bond acceptors (Lipinski definition) is 4. The predicted molar refractivity (Wildman–Crippen MR) is 114 cm³/mol. The lowest BCUT2D eigenvalue weighted by molar-refractivity contribution is 0.0211. The molecular weight excluding hydrogens is 352 g/mol. The van der Waals surface area contributed by atoms with E-state index >= 15 is 0 Å². The minimum absolute atomic E-state index is 0.367. The van der Waals surface area contributed by atoms with E-state index in [4.69, 9.17) is 14.5 Å². The number of nitrogens with one attached hydrogen (secondary N) is 2. The van der Waals surface area contributed by atoms with Gasteiger partial charge in [-0.15, -0.1) is 0 Å². The van der Waals surface area contributed by atoms with E-state index in [1.165, 1.54) is 25.7 Å². The molecule has 2 fully saturated rings. The molecule has 1 saturated heterocycles. The van der Waals surface area contributed by atoms with E-state index < -0.39 is 0 Å². The fraction of sp³-hybridized carbons (Fsp3) is 0.682. The zero-order valence-electron chi connectivity index (χ0n) is 17.5. The Bertz CT molecular complexity index is 610. The van der Waals surface area contributed by atoms with Crippen molar-refractivity contribution in [3.05, 3.63) is 29.8 Å². The number of nitrogens with zero attached hydrogens (tertiary/aromatic N) is 2. The van der Waals surface area contributed by atoms with E-state index in [9.17, 15) is 0 Å². The maximum atomic E-state index is 6.25. The maximum Gasteiger partial charge on any atom is 0.191 e. The molecule has 28 heavy (non-hydrogen) atoms. The second-order valence-corrected chi connectivity index (χ2v) is 7.71.